The lowest BCUT2D eigenvalue weighted by Gasteiger charge is -2.08. The number of hydrogen-bond acceptors (Lipinski definition) is 2. The van der Waals surface area contributed by atoms with Gasteiger partial charge in [-0.25, -0.2) is 0 Å². The maximum Gasteiger partial charge on any atom is 0.249 e. The lowest BCUT2D eigenvalue weighted by atomic mass is 10.1. The van der Waals surface area contributed by atoms with Gasteiger partial charge in [-0.1, -0.05) is 18.2 Å². The van der Waals surface area contributed by atoms with Crippen molar-refractivity contribution in [3.63, 3.8) is 0 Å². The summed E-state index contributed by atoms with van der Waals surface area (Å²) in [6.45, 7) is 11.1. The van der Waals surface area contributed by atoms with E-state index < -0.39 is 0 Å². The van der Waals surface area contributed by atoms with Crippen LogP contribution in [0.3, 0.4) is 0 Å². The maximum atomic E-state index is 11.6. The fourth-order valence-electron chi connectivity index (χ4n) is 1.06. The van der Waals surface area contributed by atoms with E-state index in [1.807, 2.05) is 0 Å². The van der Waals surface area contributed by atoms with Crippen molar-refractivity contribution >= 4 is 5.91 Å². The smallest absolute Gasteiger partial charge is 0.249 e. The van der Waals surface area contributed by atoms with E-state index in [9.17, 15) is 4.79 Å². The maximum absolute atomic E-state index is 11.6. The molecule has 0 atom stereocenters. The van der Waals surface area contributed by atoms with E-state index in [2.05, 4.69) is 25.1 Å². The van der Waals surface area contributed by atoms with Crippen LogP contribution < -0.4 is 11.1 Å². The van der Waals surface area contributed by atoms with Gasteiger partial charge in [-0.05, 0) is 6.42 Å². The predicted octanol–water partition coefficient (Wildman–Crippen LogP) is 1.65. The number of nitrogens with one attached hydrogen (secondary N) is 1. The second kappa shape index (κ2) is 7.62. The van der Waals surface area contributed by atoms with Gasteiger partial charge < -0.3 is 11.1 Å². The van der Waals surface area contributed by atoms with Crippen molar-refractivity contribution in [2.75, 3.05) is 6.54 Å². The Hall–Kier alpha value is -1.77. The lowest BCUT2D eigenvalue weighted by molar-refractivity contribution is -0.117. The molecule has 0 aromatic carbocycles. The molecule has 0 aliphatic rings. The molecule has 1 amide bonds. The van der Waals surface area contributed by atoms with Gasteiger partial charge in [0.05, 0.1) is 0 Å². The number of carbonyl (C=O) groups excluding carboxylic acids is 1. The molecule has 0 saturated heterocycles. The van der Waals surface area contributed by atoms with E-state index in [4.69, 9.17) is 5.73 Å². The summed E-state index contributed by atoms with van der Waals surface area (Å²) < 4.78 is 0. The average molecular weight is 206 g/mol. The van der Waals surface area contributed by atoms with Crippen molar-refractivity contribution in [1.82, 2.24) is 5.32 Å². The molecule has 0 aromatic heterocycles. The first kappa shape index (κ1) is 13.2. The van der Waals surface area contributed by atoms with Crippen molar-refractivity contribution in [2.45, 2.75) is 12.8 Å². The van der Waals surface area contributed by atoms with Crippen molar-refractivity contribution in [3.05, 3.63) is 49.2 Å². The van der Waals surface area contributed by atoms with E-state index >= 15 is 0 Å². The molecule has 0 unspecified atom stereocenters. The van der Waals surface area contributed by atoms with Crippen LogP contribution in [0.5, 0.6) is 0 Å². The Kier molecular flexibility index (Phi) is 6.72. The summed E-state index contributed by atoms with van der Waals surface area (Å²) in [5.74, 6) is -0.172. The van der Waals surface area contributed by atoms with Gasteiger partial charge in [0, 0.05) is 24.2 Å². The van der Waals surface area contributed by atoms with E-state index in [1.165, 1.54) is 0 Å². The van der Waals surface area contributed by atoms with E-state index in [0.717, 1.165) is 0 Å². The van der Waals surface area contributed by atoms with Crippen molar-refractivity contribution in [2.24, 2.45) is 5.73 Å². The van der Waals surface area contributed by atoms with Crippen LogP contribution in [0.4, 0.5) is 0 Å². The minimum absolute atomic E-state index is 0.172. The van der Waals surface area contributed by atoms with Gasteiger partial charge in [-0.2, -0.15) is 0 Å². The fourth-order valence-corrected chi connectivity index (χ4v) is 1.06. The van der Waals surface area contributed by atoms with E-state index in [-0.39, 0.29) is 5.91 Å². The molecule has 0 heterocycles. The molecule has 0 saturated carbocycles. The van der Waals surface area contributed by atoms with Gasteiger partial charge in [-0.15, -0.1) is 19.7 Å². The molecule has 3 nitrogen and oxygen atoms in total. The summed E-state index contributed by atoms with van der Waals surface area (Å²) in [7, 11) is 0. The summed E-state index contributed by atoms with van der Waals surface area (Å²) in [4.78, 5) is 11.6. The number of allylic oxidation sites excluding steroid dienone is 2. The van der Waals surface area contributed by atoms with Gasteiger partial charge in [-0.3, -0.25) is 4.79 Å². The number of rotatable bonds is 7. The van der Waals surface area contributed by atoms with Gasteiger partial charge in [0.15, 0.2) is 0 Å². The SMILES string of the molecule is C=CCNC(=O)/C(CC=C)=C(\N)CC=C. The Bertz CT molecular complexity index is 290. The highest BCUT2D eigenvalue weighted by Crippen LogP contribution is 2.09. The molecule has 82 valence electrons. The minimum Gasteiger partial charge on any atom is -0.401 e. The number of carbonyl (C=O) groups is 1. The van der Waals surface area contributed by atoms with Crippen LogP contribution in [-0.4, -0.2) is 12.5 Å². The molecule has 15 heavy (non-hydrogen) atoms. The first-order valence-corrected chi connectivity index (χ1v) is 4.75. The molecule has 0 fully saturated rings. The number of amides is 1. The van der Waals surface area contributed by atoms with Crippen molar-refractivity contribution < 1.29 is 4.79 Å². The zero-order valence-corrected chi connectivity index (χ0v) is 8.96. The van der Waals surface area contributed by atoms with Crippen LogP contribution in [0.25, 0.3) is 0 Å². The predicted molar refractivity (Wildman–Crippen MR) is 64.0 cm³/mol. The largest absolute Gasteiger partial charge is 0.401 e. The molecule has 3 N–H and O–H groups in total. The number of nitrogens with two attached hydrogens (primary N) is 1. The fraction of sp³-hybridized carbons (Fsp3) is 0.250. The second-order valence-electron chi connectivity index (χ2n) is 2.99. The highest BCUT2D eigenvalue weighted by molar-refractivity contribution is 5.94. The molecule has 0 bridgehead atoms. The number of hydrogen-bond donors (Lipinski definition) is 2. The Morgan fingerprint density at radius 2 is 1.73 bits per heavy atom. The van der Waals surface area contributed by atoms with Gasteiger partial charge >= 0.3 is 0 Å². The van der Waals surface area contributed by atoms with Crippen molar-refractivity contribution in [1.29, 1.82) is 0 Å². The molecule has 0 radical (unpaired) electrons. The normalized spacial score (nSPS) is 11.2. The van der Waals surface area contributed by atoms with Crippen LogP contribution in [0.2, 0.25) is 0 Å². The molecule has 3 heteroatoms. The average Bonchev–Trinajstić information content (AvgIpc) is 2.22. The van der Waals surface area contributed by atoms with Crippen LogP contribution in [-0.2, 0) is 4.79 Å². The van der Waals surface area contributed by atoms with Crippen LogP contribution in [0.15, 0.2) is 49.2 Å². The molecule has 0 spiro atoms. The molecule has 0 aliphatic heterocycles. The topological polar surface area (TPSA) is 55.1 Å². The summed E-state index contributed by atoms with van der Waals surface area (Å²) in [6.07, 6.45) is 5.90. The van der Waals surface area contributed by atoms with E-state index in [0.29, 0.717) is 30.7 Å². The van der Waals surface area contributed by atoms with Crippen LogP contribution >= 0.6 is 0 Å². The third kappa shape index (κ3) is 4.86. The first-order valence-electron chi connectivity index (χ1n) is 4.75. The van der Waals surface area contributed by atoms with Crippen molar-refractivity contribution in [3.8, 4) is 0 Å². The molecule has 0 aromatic rings. The zero-order chi connectivity index (χ0) is 11.7. The first-order chi connectivity index (χ1) is 7.17. The van der Waals surface area contributed by atoms with Gasteiger partial charge in [0.2, 0.25) is 5.91 Å². The molecule has 0 aliphatic carbocycles. The molecular weight excluding hydrogens is 188 g/mol. The summed E-state index contributed by atoms with van der Waals surface area (Å²) in [6, 6.07) is 0. The quantitative estimate of drug-likeness (QED) is 0.491. The zero-order valence-electron chi connectivity index (χ0n) is 8.96. The Morgan fingerprint density at radius 1 is 1.13 bits per heavy atom. The monoisotopic (exact) mass is 206 g/mol. The summed E-state index contributed by atoms with van der Waals surface area (Å²) in [5.41, 5.74) is 6.84. The highest BCUT2D eigenvalue weighted by atomic mass is 16.1. The standard InChI is InChI=1S/C12H18N2O/c1-4-7-10(11(13)8-5-2)12(15)14-9-6-3/h4-6H,1-3,7-9,13H2,(H,14,15)/b11-10-. The minimum atomic E-state index is -0.172. The Balaban J connectivity index is 4.69. The summed E-state index contributed by atoms with van der Waals surface area (Å²) >= 11 is 0. The molecular formula is C12H18N2O. The summed E-state index contributed by atoms with van der Waals surface area (Å²) in [5, 5.41) is 2.68. The van der Waals surface area contributed by atoms with Crippen LogP contribution in [0.1, 0.15) is 12.8 Å². The van der Waals surface area contributed by atoms with Gasteiger partial charge in [0.1, 0.15) is 0 Å². The molecule has 0 rings (SSSR count). The Labute approximate surface area is 91.0 Å². The third-order valence-corrected chi connectivity index (χ3v) is 1.78. The van der Waals surface area contributed by atoms with E-state index in [1.54, 1.807) is 18.2 Å². The van der Waals surface area contributed by atoms with Crippen LogP contribution in [0, 0.1) is 0 Å². The third-order valence-electron chi connectivity index (χ3n) is 1.78. The Morgan fingerprint density at radius 3 is 2.20 bits per heavy atom. The van der Waals surface area contributed by atoms with Gasteiger partial charge in [0.25, 0.3) is 0 Å². The second-order valence-corrected chi connectivity index (χ2v) is 2.99. The lowest BCUT2D eigenvalue weighted by Crippen LogP contribution is -2.27. The highest BCUT2D eigenvalue weighted by Gasteiger charge is 2.10.